The van der Waals surface area contributed by atoms with Gasteiger partial charge in [-0.3, -0.25) is 4.90 Å². The van der Waals surface area contributed by atoms with E-state index in [2.05, 4.69) is 12.2 Å². The Hall–Kier alpha value is -2.00. The number of carbonyl (C=O) groups excluding carboxylic acids is 1. The van der Waals surface area contributed by atoms with Gasteiger partial charge in [0.25, 0.3) is 0 Å². The maximum Gasteiger partial charge on any atom is 0.326 e. The molecule has 0 saturated heterocycles. The molecule has 0 fully saturated rings. The zero-order valence-corrected chi connectivity index (χ0v) is 12.8. The van der Waals surface area contributed by atoms with Crippen LogP contribution in [0.3, 0.4) is 0 Å². The molecule has 2 aromatic rings. The van der Waals surface area contributed by atoms with E-state index in [1.165, 1.54) is 0 Å². The van der Waals surface area contributed by atoms with E-state index in [1.54, 1.807) is 17.0 Å². The number of anilines is 2. The summed E-state index contributed by atoms with van der Waals surface area (Å²) in [6.45, 7) is 2.80. The Kier molecular flexibility index (Phi) is 5.64. The number of carbonyl (C=O) groups is 1. The lowest BCUT2D eigenvalue weighted by atomic mass is 10.2. The van der Waals surface area contributed by atoms with Crippen LogP contribution in [0.15, 0.2) is 54.6 Å². The van der Waals surface area contributed by atoms with Crippen molar-refractivity contribution in [1.29, 1.82) is 0 Å². The molecule has 0 spiro atoms. The van der Waals surface area contributed by atoms with Gasteiger partial charge in [-0.25, -0.2) is 4.79 Å². The normalized spacial score (nSPS) is 10.2. The van der Waals surface area contributed by atoms with E-state index in [0.717, 1.165) is 18.5 Å². The van der Waals surface area contributed by atoms with Crippen LogP contribution in [0.4, 0.5) is 16.2 Å². The van der Waals surface area contributed by atoms with Crippen molar-refractivity contribution in [3.63, 3.8) is 0 Å². The van der Waals surface area contributed by atoms with Crippen LogP contribution in [-0.4, -0.2) is 12.6 Å². The van der Waals surface area contributed by atoms with Crippen LogP contribution in [0.2, 0.25) is 5.02 Å². The average Bonchev–Trinajstić information content (AvgIpc) is 2.49. The summed E-state index contributed by atoms with van der Waals surface area (Å²) in [6, 6.07) is 16.7. The van der Waals surface area contributed by atoms with Crippen molar-refractivity contribution in [3.8, 4) is 0 Å². The van der Waals surface area contributed by atoms with Crippen molar-refractivity contribution in [2.24, 2.45) is 0 Å². The van der Waals surface area contributed by atoms with E-state index in [0.29, 0.717) is 17.3 Å². The number of hydrogen-bond acceptors (Lipinski definition) is 1. The molecule has 2 amide bonds. The molecular formula is C17H19ClN2O. The Labute approximate surface area is 130 Å². The first-order valence-electron chi connectivity index (χ1n) is 7.10. The number of para-hydroxylation sites is 1. The minimum absolute atomic E-state index is 0.142. The first-order valence-corrected chi connectivity index (χ1v) is 7.47. The van der Waals surface area contributed by atoms with Crippen molar-refractivity contribution < 1.29 is 4.79 Å². The van der Waals surface area contributed by atoms with Gasteiger partial charge in [-0.05, 0) is 36.8 Å². The molecule has 3 nitrogen and oxygen atoms in total. The number of benzene rings is 2. The van der Waals surface area contributed by atoms with Crippen LogP contribution < -0.4 is 10.2 Å². The van der Waals surface area contributed by atoms with Crippen LogP contribution in [0.5, 0.6) is 0 Å². The molecule has 21 heavy (non-hydrogen) atoms. The first-order chi connectivity index (χ1) is 10.2. The maximum atomic E-state index is 12.5. The quantitative estimate of drug-likeness (QED) is 0.811. The van der Waals surface area contributed by atoms with Crippen molar-refractivity contribution in [2.75, 3.05) is 16.8 Å². The Morgan fingerprint density at radius 2 is 1.90 bits per heavy atom. The smallest absolute Gasteiger partial charge is 0.307 e. The van der Waals surface area contributed by atoms with Gasteiger partial charge in [0.15, 0.2) is 0 Å². The Balaban J connectivity index is 2.14. The number of urea groups is 1. The molecule has 0 aliphatic carbocycles. The molecule has 0 aliphatic rings. The second-order valence-corrected chi connectivity index (χ2v) is 5.22. The predicted molar refractivity (Wildman–Crippen MR) is 89.2 cm³/mol. The number of rotatable bonds is 5. The Bertz CT molecular complexity index is 586. The van der Waals surface area contributed by atoms with Crippen molar-refractivity contribution in [3.05, 3.63) is 59.6 Å². The minimum atomic E-state index is -0.142. The zero-order valence-electron chi connectivity index (χ0n) is 12.1. The van der Waals surface area contributed by atoms with E-state index >= 15 is 0 Å². The fourth-order valence-electron chi connectivity index (χ4n) is 2.03. The summed E-state index contributed by atoms with van der Waals surface area (Å²) in [6.07, 6.45) is 1.99. The van der Waals surface area contributed by atoms with E-state index in [4.69, 9.17) is 11.6 Å². The molecule has 0 unspecified atom stereocenters. The Morgan fingerprint density at radius 1 is 1.14 bits per heavy atom. The van der Waals surface area contributed by atoms with Crippen LogP contribution in [0, 0.1) is 0 Å². The van der Waals surface area contributed by atoms with Gasteiger partial charge in [-0.2, -0.15) is 0 Å². The molecule has 0 aromatic heterocycles. The highest BCUT2D eigenvalue weighted by Crippen LogP contribution is 2.18. The van der Waals surface area contributed by atoms with Gasteiger partial charge >= 0.3 is 6.03 Å². The highest BCUT2D eigenvalue weighted by atomic mass is 35.5. The number of hydrogen-bond donors (Lipinski definition) is 1. The fourth-order valence-corrected chi connectivity index (χ4v) is 2.22. The molecule has 4 heteroatoms. The van der Waals surface area contributed by atoms with E-state index in [-0.39, 0.29) is 6.03 Å². The second-order valence-electron chi connectivity index (χ2n) is 4.78. The number of nitrogens with one attached hydrogen (secondary N) is 1. The van der Waals surface area contributed by atoms with Crippen molar-refractivity contribution in [1.82, 2.24) is 0 Å². The topological polar surface area (TPSA) is 32.3 Å². The molecule has 0 bridgehead atoms. The van der Waals surface area contributed by atoms with Gasteiger partial charge < -0.3 is 5.32 Å². The third-order valence-electron chi connectivity index (χ3n) is 3.12. The molecular weight excluding hydrogens is 284 g/mol. The maximum absolute atomic E-state index is 12.5. The molecule has 110 valence electrons. The molecule has 1 N–H and O–H groups in total. The minimum Gasteiger partial charge on any atom is -0.307 e. The van der Waals surface area contributed by atoms with E-state index in [9.17, 15) is 4.79 Å². The summed E-state index contributed by atoms with van der Waals surface area (Å²) in [5.74, 6) is 0. The lowest BCUT2D eigenvalue weighted by molar-refractivity contribution is 0.257. The average molecular weight is 303 g/mol. The van der Waals surface area contributed by atoms with Gasteiger partial charge in [-0.15, -0.1) is 0 Å². The lowest BCUT2D eigenvalue weighted by Crippen LogP contribution is -2.35. The molecule has 0 heterocycles. The SMILES string of the molecule is CCCCN(C(=O)Nc1cccc(Cl)c1)c1ccccc1. The molecule has 2 rings (SSSR count). The van der Waals surface area contributed by atoms with Gasteiger partial charge in [0.2, 0.25) is 0 Å². The van der Waals surface area contributed by atoms with Gasteiger partial charge in [0.1, 0.15) is 0 Å². The summed E-state index contributed by atoms with van der Waals surface area (Å²) >= 11 is 5.94. The number of nitrogens with zero attached hydrogens (tertiary/aromatic N) is 1. The Morgan fingerprint density at radius 3 is 2.57 bits per heavy atom. The summed E-state index contributed by atoms with van der Waals surface area (Å²) in [7, 11) is 0. The molecule has 0 radical (unpaired) electrons. The summed E-state index contributed by atoms with van der Waals surface area (Å²) in [4.78, 5) is 14.3. The van der Waals surface area contributed by atoms with Crippen LogP contribution >= 0.6 is 11.6 Å². The van der Waals surface area contributed by atoms with E-state index in [1.807, 2.05) is 42.5 Å². The van der Waals surface area contributed by atoms with Gasteiger partial charge in [-0.1, -0.05) is 49.2 Å². The number of halogens is 1. The number of unbranched alkanes of at least 4 members (excludes halogenated alkanes) is 1. The summed E-state index contributed by atoms with van der Waals surface area (Å²) < 4.78 is 0. The first kappa shape index (κ1) is 15.4. The van der Waals surface area contributed by atoms with Crippen molar-refractivity contribution in [2.45, 2.75) is 19.8 Å². The molecule has 0 saturated carbocycles. The van der Waals surface area contributed by atoms with Crippen molar-refractivity contribution >= 4 is 29.0 Å². The van der Waals surface area contributed by atoms with Gasteiger partial charge in [0.05, 0.1) is 0 Å². The molecule has 0 atom stereocenters. The summed E-state index contributed by atoms with van der Waals surface area (Å²) in [5, 5.41) is 3.50. The third-order valence-corrected chi connectivity index (χ3v) is 3.36. The third kappa shape index (κ3) is 4.50. The molecule has 0 aliphatic heterocycles. The summed E-state index contributed by atoms with van der Waals surface area (Å²) in [5.41, 5.74) is 1.59. The lowest BCUT2D eigenvalue weighted by Gasteiger charge is -2.23. The van der Waals surface area contributed by atoms with Crippen LogP contribution in [0.25, 0.3) is 0 Å². The fraction of sp³-hybridized carbons (Fsp3) is 0.235. The highest BCUT2D eigenvalue weighted by molar-refractivity contribution is 6.30. The highest BCUT2D eigenvalue weighted by Gasteiger charge is 2.15. The second kappa shape index (κ2) is 7.70. The standard InChI is InChI=1S/C17H19ClN2O/c1-2-3-12-20(16-10-5-4-6-11-16)17(21)19-15-9-7-8-14(18)13-15/h4-11,13H,2-3,12H2,1H3,(H,19,21). The predicted octanol–water partition coefficient (Wildman–Crippen LogP) is 5.18. The largest absolute Gasteiger partial charge is 0.326 e. The molecule has 2 aromatic carbocycles. The number of amides is 2. The van der Waals surface area contributed by atoms with Crippen LogP contribution in [0.1, 0.15) is 19.8 Å². The van der Waals surface area contributed by atoms with Crippen LogP contribution in [-0.2, 0) is 0 Å². The monoisotopic (exact) mass is 302 g/mol. The van der Waals surface area contributed by atoms with Gasteiger partial charge in [0, 0.05) is 22.9 Å². The van der Waals surface area contributed by atoms with E-state index < -0.39 is 0 Å². The zero-order chi connectivity index (χ0) is 15.1.